The van der Waals surface area contributed by atoms with Gasteiger partial charge in [-0.25, -0.2) is 4.98 Å². The third kappa shape index (κ3) is 5.58. The van der Waals surface area contributed by atoms with Crippen LogP contribution in [-0.4, -0.2) is 46.6 Å². The molecule has 8 nitrogen and oxygen atoms in total. The van der Waals surface area contributed by atoms with Crippen LogP contribution in [0.2, 0.25) is 0 Å². The van der Waals surface area contributed by atoms with Crippen LogP contribution < -0.4 is 5.73 Å². The molecular weight excluding hydrogens is 396 g/mol. The number of nitrogens with zero attached hydrogens (tertiary/aromatic N) is 3. The van der Waals surface area contributed by atoms with Crippen LogP contribution in [0.5, 0.6) is 0 Å². The van der Waals surface area contributed by atoms with E-state index in [4.69, 9.17) is 15.6 Å². The van der Waals surface area contributed by atoms with E-state index in [1.807, 2.05) is 26.2 Å². The number of rotatable bonds is 5. The fourth-order valence-electron chi connectivity index (χ4n) is 3.96. The molecule has 2 atom stereocenters. The lowest BCUT2D eigenvalue weighted by Crippen LogP contribution is -2.21. The number of nitrogen functional groups attached to an aromatic ring is 1. The van der Waals surface area contributed by atoms with Gasteiger partial charge in [0.05, 0.1) is 0 Å². The Morgan fingerprint density at radius 1 is 1.45 bits per heavy atom. The lowest BCUT2D eigenvalue weighted by Gasteiger charge is -2.27. The van der Waals surface area contributed by atoms with Crippen LogP contribution in [0.4, 0.5) is 5.82 Å². The molecule has 1 heterocycles. The molecular formula is C23H28N4O4. The second kappa shape index (κ2) is 10.5. The molecule has 1 aliphatic carbocycles. The van der Waals surface area contributed by atoms with Gasteiger partial charge in [0.15, 0.2) is 0 Å². The van der Waals surface area contributed by atoms with Crippen LogP contribution in [0.15, 0.2) is 24.3 Å². The number of fused-ring (bicyclic) bond motifs is 1. The van der Waals surface area contributed by atoms with Crippen LogP contribution in [0.3, 0.4) is 0 Å². The summed E-state index contributed by atoms with van der Waals surface area (Å²) in [7, 11) is 4.06. The number of anilines is 1. The number of pyridine rings is 1. The summed E-state index contributed by atoms with van der Waals surface area (Å²) in [5.74, 6) is -0.496. The molecule has 0 spiro atoms. The van der Waals surface area contributed by atoms with Gasteiger partial charge in [0.25, 0.3) is 6.47 Å². The monoisotopic (exact) mass is 424 g/mol. The highest BCUT2D eigenvalue weighted by molar-refractivity contribution is 5.80. The van der Waals surface area contributed by atoms with E-state index in [1.54, 1.807) is 0 Å². The standard InChI is InChI=1S/C22H26N4O2.CH2O2/c1-13(26(2)3)15-5-4-6-16(11-15)21-17-9-14(10-20(27)28)7-8-19(17)25-22(24)18(21)12-23;2-1-3/h4-6,11,13-14H,7-10H2,1-3H3,(H2,24,25)(H,27,28);1H,(H,2,3). The van der Waals surface area contributed by atoms with E-state index < -0.39 is 5.97 Å². The van der Waals surface area contributed by atoms with Gasteiger partial charge in [0.1, 0.15) is 17.5 Å². The van der Waals surface area contributed by atoms with Crippen molar-refractivity contribution in [2.45, 2.75) is 38.6 Å². The number of hydrogen-bond donors (Lipinski definition) is 3. The van der Waals surface area contributed by atoms with E-state index in [0.717, 1.165) is 34.4 Å². The molecule has 0 amide bonds. The van der Waals surface area contributed by atoms with Crippen molar-refractivity contribution in [3.63, 3.8) is 0 Å². The summed E-state index contributed by atoms with van der Waals surface area (Å²) in [6, 6.07) is 10.6. The van der Waals surface area contributed by atoms with E-state index in [0.29, 0.717) is 18.4 Å². The Bertz CT molecular complexity index is 998. The molecule has 0 bridgehead atoms. The fourth-order valence-corrected chi connectivity index (χ4v) is 3.96. The third-order valence-electron chi connectivity index (χ3n) is 5.70. The van der Waals surface area contributed by atoms with Gasteiger partial charge in [-0.15, -0.1) is 0 Å². The van der Waals surface area contributed by atoms with Crippen molar-refractivity contribution >= 4 is 18.3 Å². The zero-order chi connectivity index (χ0) is 23.1. The Morgan fingerprint density at radius 2 is 2.13 bits per heavy atom. The molecule has 0 saturated carbocycles. The van der Waals surface area contributed by atoms with Crippen LogP contribution in [0, 0.1) is 17.2 Å². The lowest BCUT2D eigenvalue weighted by molar-refractivity contribution is -0.138. The summed E-state index contributed by atoms with van der Waals surface area (Å²) < 4.78 is 0. The van der Waals surface area contributed by atoms with E-state index in [2.05, 4.69) is 35.0 Å². The molecule has 0 aliphatic heterocycles. The summed E-state index contributed by atoms with van der Waals surface area (Å²) in [4.78, 5) is 26.2. The van der Waals surface area contributed by atoms with E-state index in [9.17, 15) is 15.2 Å². The molecule has 1 aromatic carbocycles. The summed E-state index contributed by atoms with van der Waals surface area (Å²) in [5.41, 5.74) is 11.3. The highest BCUT2D eigenvalue weighted by Gasteiger charge is 2.28. The van der Waals surface area contributed by atoms with Gasteiger partial charge in [0, 0.05) is 23.7 Å². The van der Waals surface area contributed by atoms with Gasteiger partial charge in [-0.3, -0.25) is 9.59 Å². The Hall–Kier alpha value is -3.44. The van der Waals surface area contributed by atoms with Gasteiger partial charge in [-0.2, -0.15) is 5.26 Å². The largest absolute Gasteiger partial charge is 0.483 e. The maximum Gasteiger partial charge on any atom is 0.303 e. The minimum Gasteiger partial charge on any atom is -0.483 e. The second-order valence-corrected chi connectivity index (χ2v) is 7.86. The maximum absolute atomic E-state index is 11.2. The second-order valence-electron chi connectivity index (χ2n) is 7.86. The number of hydrogen-bond acceptors (Lipinski definition) is 6. The Labute approximate surface area is 181 Å². The van der Waals surface area contributed by atoms with Crippen molar-refractivity contribution < 1.29 is 19.8 Å². The van der Waals surface area contributed by atoms with Gasteiger partial charge in [-0.1, -0.05) is 18.2 Å². The van der Waals surface area contributed by atoms with Gasteiger partial charge in [-0.05, 0) is 69.0 Å². The number of benzene rings is 1. The average Bonchev–Trinajstić information content (AvgIpc) is 2.72. The lowest BCUT2D eigenvalue weighted by atomic mass is 9.80. The number of carboxylic acid groups (broad SMARTS) is 2. The normalized spacial score (nSPS) is 15.8. The van der Waals surface area contributed by atoms with E-state index in [1.165, 1.54) is 0 Å². The number of carbonyl (C=O) groups is 2. The molecule has 0 fully saturated rings. The summed E-state index contributed by atoms with van der Waals surface area (Å²) >= 11 is 0. The number of nitrogens with two attached hydrogens (primary N) is 1. The molecule has 4 N–H and O–H groups in total. The maximum atomic E-state index is 11.2. The first-order valence-electron chi connectivity index (χ1n) is 10.0. The number of aliphatic carboxylic acids is 1. The summed E-state index contributed by atoms with van der Waals surface area (Å²) in [5, 5.41) is 25.9. The minimum atomic E-state index is -0.791. The predicted octanol–water partition coefficient (Wildman–Crippen LogP) is 3.11. The summed E-state index contributed by atoms with van der Waals surface area (Å²) in [6.45, 7) is 1.88. The number of nitriles is 1. The Morgan fingerprint density at radius 3 is 2.71 bits per heavy atom. The Kier molecular flexibility index (Phi) is 8.11. The highest BCUT2D eigenvalue weighted by atomic mass is 16.4. The van der Waals surface area contributed by atoms with Crippen LogP contribution >= 0.6 is 0 Å². The van der Waals surface area contributed by atoms with Gasteiger partial charge >= 0.3 is 5.97 Å². The van der Waals surface area contributed by atoms with Crippen LogP contribution in [0.1, 0.15) is 48.2 Å². The van der Waals surface area contributed by atoms with Crippen molar-refractivity contribution in [3.8, 4) is 17.2 Å². The summed E-state index contributed by atoms with van der Waals surface area (Å²) in [6.07, 6.45) is 2.19. The average molecular weight is 425 g/mol. The molecule has 1 aromatic heterocycles. The van der Waals surface area contributed by atoms with Crippen molar-refractivity contribution in [2.75, 3.05) is 19.8 Å². The van der Waals surface area contributed by atoms with Crippen LogP contribution in [-0.2, 0) is 22.4 Å². The minimum absolute atomic E-state index is 0.0459. The quantitative estimate of drug-likeness (QED) is 0.622. The van der Waals surface area contributed by atoms with Crippen molar-refractivity contribution in [1.29, 1.82) is 5.26 Å². The third-order valence-corrected chi connectivity index (χ3v) is 5.70. The molecule has 164 valence electrons. The van der Waals surface area contributed by atoms with Crippen molar-refractivity contribution in [1.82, 2.24) is 9.88 Å². The van der Waals surface area contributed by atoms with Crippen molar-refractivity contribution in [3.05, 3.63) is 46.6 Å². The number of aryl methyl sites for hydroxylation is 1. The zero-order valence-corrected chi connectivity index (χ0v) is 18.0. The molecule has 0 saturated heterocycles. The fraction of sp³-hybridized carbons (Fsp3) is 0.391. The van der Waals surface area contributed by atoms with E-state index >= 15 is 0 Å². The first-order chi connectivity index (χ1) is 14.7. The first-order valence-corrected chi connectivity index (χ1v) is 10.0. The predicted molar refractivity (Wildman–Crippen MR) is 117 cm³/mol. The molecule has 3 rings (SSSR count). The molecule has 2 unspecified atom stereocenters. The number of carboxylic acids is 1. The van der Waals surface area contributed by atoms with Gasteiger partial charge < -0.3 is 20.8 Å². The molecule has 31 heavy (non-hydrogen) atoms. The van der Waals surface area contributed by atoms with Gasteiger partial charge in [0.2, 0.25) is 0 Å². The molecule has 2 aromatic rings. The zero-order valence-electron chi connectivity index (χ0n) is 18.0. The molecule has 1 aliphatic rings. The first kappa shape index (κ1) is 23.8. The van der Waals surface area contributed by atoms with Crippen LogP contribution in [0.25, 0.3) is 11.1 Å². The topological polar surface area (TPSA) is 141 Å². The molecule has 8 heteroatoms. The Balaban J connectivity index is 0.00000107. The molecule has 0 radical (unpaired) electrons. The smallest absolute Gasteiger partial charge is 0.303 e. The SMILES string of the molecule is CC(c1cccc(-c2c(C#N)c(N)nc3c2CC(CC(=O)O)CC3)c1)N(C)C.O=CO. The highest BCUT2D eigenvalue weighted by Crippen LogP contribution is 2.39. The van der Waals surface area contributed by atoms with Crippen molar-refractivity contribution in [2.24, 2.45) is 5.92 Å². The van der Waals surface area contributed by atoms with E-state index in [-0.39, 0.29) is 30.7 Å². The number of aromatic nitrogens is 1.